The van der Waals surface area contributed by atoms with Crippen LogP contribution in [0.15, 0.2) is 71.4 Å². The number of furan rings is 1. The molecule has 1 amide bonds. The number of methoxy groups -OCH3 is 1. The molecule has 0 unspecified atom stereocenters. The topological polar surface area (TPSA) is 69.9 Å². The molecule has 34 heavy (non-hydrogen) atoms. The predicted octanol–water partition coefficient (Wildman–Crippen LogP) is 6.21. The molecule has 0 radical (unpaired) electrons. The van der Waals surface area contributed by atoms with Gasteiger partial charge < -0.3 is 23.9 Å². The number of hydrogen-bond acceptors (Lipinski definition) is 5. The van der Waals surface area contributed by atoms with E-state index in [1.807, 2.05) is 61.5 Å². The maximum atomic E-state index is 12.7. The Morgan fingerprint density at radius 1 is 1.09 bits per heavy atom. The standard InChI is InChI=1S/C27H22ClNO5/c1-16(9-27(30)29-13-17-3-8-23-26(10-17)34-15-33-23)20-11-21-22(18-4-6-19(28)7-5-18)14-32-25(21)12-24(20)31-2/h3-12,14H,13,15H2,1-2H3,(H,29,30)/b16-9+. The van der Waals surface area contributed by atoms with Crippen LogP contribution in [0.1, 0.15) is 18.1 Å². The number of nitrogens with one attached hydrogen (secondary N) is 1. The number of benzene rings is 3. The van der Waals surface area contributed by atoms with Crippen molar-refractivity contribution in [2.45, 2.75) is 13.5 Å². The fourth-order valence-electron chi connectivity index (χ4n) is 3.95. The molecule has 0 atom stereocenters. The first-order valence-corrected chi connectivity index (χ1v) is 11.1. The molecule has 4 aromatic rings. The Hall–Kier alpha value is -3.90. The van der Waals surface area contributed by atoms with Gasteiger partial charge in [0.2, 0.25) is 12.7 Å². The molecule has 1 aliphatic heterocycles. The van der Waals surface area contributed by atoms with Gasteiger partial charge in [0.1, 0.15) is 11.3 Å². The summed E-state index contributed by atoms with van der Waals surface area (Å²) in [5, 5.41) is 4.51. The van der Waals surface area contributed by atoms with Gasteiger partial charge in [0.05, 0.1) is 13.4 Å². The molecule has 0 saturated carbocycles. The predicted molar refractivity (Wildman–Crippen MR) is 131 cm³/mol. The van der Waals surface area contributed by atoms with Crippen molar-refractivity contribution >= 4 is 34.1 Å². The summed E-state index contributed by atoms with van der Waals surface area (Å²) in [5.74, 6) is 1.82. The molecule has 1 N–H and O–H groups in total. The number of ether oxygens (including phenoxy) is 3. The second kappa shape index (κ2) is 9.15. The van der Waals surface area contributed by atoms with Crippen LogP contribution in [0.25, 0.3) is 27.7 Å². The number of halogens is 1. The second-order valence-corrected chi connectivity index (χ2v) is 8.37. The Kier molecular flexibility index (Phi) is 5.90. The Balaban J connectivity index is 1.39. The number of hydrogen-bond donors (Lipinski definition) is 1. The molecule has 6 nitrogen and oxygen atoms in total. The minimum atomic E-state index is -0.206. The van der Waals surface area contributed by atoms with Crippen molar-refractivity contribution in [2.24, 2.45) is 0 Å². The number of carbonyl (C=O) groups is 1. The molecule has 5 rings (SSSR count). The van der Waals surface area contributed by atoms with Crippen LogP contribution in [0.3, 0.4) is 0 Å². The molecule has 2 heterocycles. The summed E-state index contributed by atoms with van der Waals surface area (Å²) in [5.41, 5.74) is 5.13. The van der Waals surface area contributed by atoms with Gasteiger partial charge >= 0.3 is 0 Å². The summed E-state index contributed by atoms with van der Waals surface area (Å²) in [7, 11) is 1.60. The van der Waals surface area contributed by atoms with Crippen molar-refractivity contribution in [3.8, 4) is 28.4 Å². The highest BCUT2D eigenvalue weighted by Gasteiger charge is 2.16. The first kappa shape index (κ1) is 21.9. The number of allylic oxidation sites excluding steroid dienone is 1. The van der Waals surface area contributed by atoms with Gasteiger partial charge in [-0.15, -0.1) is 0 Å². The molecular weight excluding hydrogens is 454 g/mol. The van der Waals surface area contributed by atoms with Crippen LogP contribution in [0.2, 0.25) is 5.02 Å². The summed E-state index contributed by atoms with van der Waals surface area (Å²) in [6, 6.07) is 17.0. The van der Waals surface area contributed by atoms with Gasteiger partial charge in [-0.05, 0) is 54.0 Å². The molecular formula is C27H22ClNO5. The van der Waals surface area contributed by atoms with Crippen LogP contribution < -0.4 is 19.5 Å². The lowest BCUT2D eigenvalue weighted by Crippen LogP contribution is -2.20. The lowest BCUT2D eigenvalue weighted by Gasteiger charge is -2.10. The molecule has 0 fully saturated rings. The second-order valence-electron chi connectivity index (χ2n) is 7.94. The Morgan fingerprint density at radius 2 is 1.88 bits per heavy atom. The van der Waals surface area contributed by atoms with Crippen LogP contribution in [0, 0.1) is 0 Å². The van der Waals surface area contributed by atoms with Gasteiger partial charge in [0.15, 0.2) is 11.5 Å². The van der Waals surface area contributed by atoms with E-state index in [2.05, 4.69) is 5.32 Å². The third kappa shape index (κ3) is 4.32. The summed E-state index contributed by atoms with van der Waals surface area (Å²) >= 11 is 6.04. The van der Waals surface area contributed by atoms with E-state index < -0.39 is 0 Å². The lowest BCUT2D eigenvalue weighted by atomic mass is 9.99. The Bertz CT molecular complexity index is 1400. The van der Waals surface area contributed by atoms with Crippen molar-refractivity contribution in [2.75, 3.05) is 13.9 Å². The van der Waals surface area contributed by atoms with Crippen LogP contribution in [0.5, 0.6) is 17.2 Å². The molecule has 1 aliphatic rings. The number of rotatable bonds is 6. The normalized spacial score (nSPS) is 12.7. The number of amides is 1. The zero-order valence-electron chi connectivity index (χ0n) is 18.7. The monoisotopic (exact) mass is 475 g/mol. The van der Waals surface area contributed by atoms with Crippen LogP contribution in [-0.2, 0) is 11.3 Å². The molecule has 0 saturated heterocycles. The largest absolute Gasteiger partial charge is 0.496 e. The molecule has 3 aromatic carbocycles. The van der Waals surface area contributed by atoms with E-state index in [9.17, 15) is 4.79 Å². The minimum absolute atomic E-state index is 0.206. The highest BCUT2D eigenvalue weighted by atomic mass is 35.5. The summed E-state index contributed by atoms with van der Waals surface area (Å²) in [6.45, 7) is 2.47. The number of carbonyl (C=O) groups excluding carboxylic acids is 1. The van der Waals surface area contributed by atoms with E-state index in [-0.39, 0.29) is 12.7 Å². The van der Waals surface area contributed by atoms with E-state index in [4.69, 9.17) is 30.2 Å². The van der Waals surface area contributed by atoms with Crippen LogP contribution >= 0.6 is 11.6 Å². The minimum Gasteiger partial charge on any atom is -0.496 e. The van der Waals surface area contributed by atoms with E-state index in [1.165, 1.54) is 0 Å². The average molecular weight is 476 g/mol. The SMILES string of the molecule is COc1cc2occ(-c3ccc(Cl)cc3)c2cc1/C(C)=C/C(=O)NCc1ccc2c(c1)OCO2. The first-order chi connectivity index (χ1) is 16.5. The quantitative estimate of drug-likeness (QED) is 0.336. The van der Waals surface area contributed by atoms with E-state index >= 15 is 0 Å². The highest BCUT2D eigenvalue weighted by Crippen LogP contribution is 2.37. The third-order valence-electron chi connectivity index (χ3n) is 5.73. The van der Waals surface area contributed by atoms with Gasteiger partial charge in [0, 0.05) is 40.2 Å². The van der Waals surface area contributed by atoms with Gasteiger partial charge in [0.25, 0.3) is 0 Å². The lowest BCUT2D eigenvalue weighted by molar-refractivity contribution is -0.116. The summed E-state index contributed by atoms with van der Waals surface area (Å²) in [4.78, 5) is 12.7. The van der Waals surface area contributed by atoms with Crippen molar-refractivity contribution in [1.82, 2.24) is 5.32 Å². The maximum absolute atomic E-state index is 12.7. The van der Waals surface area contributed by atoms with E-state index in [0.717, 1.165) is 33.2 Å². The first-order valence-electron chi connectivity index (χ1n) is 10.7. The fraction of sp³-hybridized carbons (Fsp3) is 0.148. The molecule has 0 bridgehead atoms. The number of fused-ring (bicyclic) bond motifs is 2. The van der Waals surface area contributed by atoms with E-state index in [0.29, 0.717) is 34.4 Å². The molecule has 1 aromatic heterocycles. The molecule has 0 spiro atoms. The maximum Gasteiger partial charge on any atom is 0.244 e. The van der Waals surface area contributed by atoms with Crippen molar-refractivity contribution in [1.29, 1.82) is 0 Å². The summed E-state index contributed by atoms with van der Waals surface area (Å²) < 4.78 is 22.1. The van der Waals surface area contributed by atoms with Crippen molar-refractivity contribution in [3.63, 3.8) is 0 Å². The van der Waals surface area contributed by atoms with Crippen LogP contribution in [0.4, 0.5) is 0 Å². The van der Waals surface area contributed by atoms with Gasteiger partial charge in [-0.3, -0.25) is 4.79 Å². The Labute approximate surface area is 201 Å². The van der Waals surface area contributed by atoms with Gasteiger partial charge in [-0.1, -0.05) is 29.8 Å². The third-order valence-corrected chi connectivity index (χ3v) is 5.98. The fourth-order valence-corrected chi connectivity index (χ4v) is 4.08. The zero-order valence-corrected chi connectivity index (χ0v) is 19.4. The highest BCUT2D eigenvalue weighted by molar-refractivity contribution is 6.30. The average Bonchev–Trinajstić information content (AvgIpc) is 3.48. The van der Waals surface area contributed by atoms with Crippen molar-refractivity contribution in [3.05, 3.63) is 83.1 Å². The van der Waals surface area contributed by atoms with Crippen molar-refractivity contribution < 1.29 is 23.4 Å². The van der Waals surface area contributed by atoms with E-state index in [1.54, 1.807) is 19.4 Å². The smallest absolute Gasteiger partial charge is 0.244 e. The molecule has 0 aliphatic carbocycles. The molecule has 172 valence electrons. The van der Waals surface area contributed by atoms with Crippen LogP contribution in [-0.4, -0.2) is 19.8 Å². The summed E-state index contributed by atoms with van der Waals surface area (Å²) in [6.07, 6.45) is 3.28. The Morgan fingerprint density at radius 3 is 2.68 bits per heavy atom. The zero-order chi connectivity index (χ0) is 23.7. The van der Waals surface area contributed by atoms with Gasteiger partial charge in [-0.2, -0.15) is 0 Å². The van der Waals surface area contributed by atoms with Gasteiger partial charge in [-0.25, -0.2) is 0 Å². The molecule has 7 heteroatoms.